The van der Waals surface area contributed by atoms with Crippen molar-refractivity contribution in [2.45, 2.75) is 19.8 Å². The van der Waals surface area contributed by atoms with E-state index in [2.05, 4.69) is 0 Å². The van der Waals surface area contributed by atoms with E-state index in [1.54, 1.807) is 0 Å². The molecule has 1 aromatic carbocycles. The van der Waals surface area contributed by atoms with Crippen molar-refractivity contribution in [2.75, 3.05) is 37.3 Å². The lowest BCUT2D eigenvalue weighted by molar-refractivity contribution is -0.128. The van der Waals surface area contributed by atoms with Crippen LogP contribution in [-0.4, -0.2) is 37.5 Å². The standard InChI is InChI=1S/C14H21N3O/c1-11-6-5-7-12(14(11)15)16(2)10-13(18)17-8-3-4-9-17/h5-7H,3-4,8-10,15H2,1-2H3. The first-order chi connectivity index (χ1) is 8.59. The van der Waals surface area contributed by atoms with Gasteiger partial charge in [-0.1, -0.05) is 12.1 Å². The smallest absolute Gasteiger partial charge is 0.242 e. The summed E-state index contributed by atoms with van der Waals surface area (Å²) in [5, 5.41) is 0. The highest BCUT2D eigenvalue weighted by molar-refractivity contribution is 5.83. The largest absolute Gasteiger partial charge is 0.397 e. The zero-order valence-corrected chi connectivity index (χ0v) is 11.1. The summed E-state index contributed by atoms with van der Waals surface area (Å²) in [7, 11) is 1.92. The highest BCUT2D eigenvalue weighted by Crippen LogP contribution is 2.25. The number of likely N-dealkylation sites (N-methyl/N-ethyl adjacent to an activating group) is 1. The van der Waals surface area contributed by atoms with Crippen molar-refractivity contribution in [2.24, 2.45) is 0 Å². The zero-order valence-electron chi connectivity index (χ0n) is 11.1. The van der Waals surface area contributed by atoms with Crippen LogP contribution in [0.3, 0.4) is 0 Å². The number of nitrogens with zero attached hydrogens (tertiary/aromatic N) is 2. The maximum absolute atomic E-state index is 12.1. The van der Waals surface area contributed by atoms with Gasteiger partial charge in [0.15, 0.2) is 0 Å². The number of aryl methyl sites for hydroxylation is 1. The Labute approximate surface area is 108 Å². The summed E-state index contributed by atoms with van der Waals surface area (Å²) in [4.78, 5) is 15.9. The second kappa shape index (κ2) is 5.29. The molecule has 1 heterocycles. The fourth-order valence-electron chi connectivity index (χ4n) is 2.35. The molecular formula is C14H21N3O. The van der Waals surface area contributed by atoms with Crippen LogP contribution < -0.4 is 10.6 Å². The van der Waals surface area contributed by atoms with Gasteiger partial charge in [-0.25, -0.2) is 0 Å². The predicted octanol–water partition coefficient (Wildman–Crippen LogP) is 1.64. The molecule has 0 aliphatic carbocycles. The van der Waals surface area contributed by atoms with Crippen molar-refractivity contribution in [3.63, 3.8) is 0 Å². The van der Waals surface area contributed by atoms with Gasteiger partial charge in [0.2, 0.25) is 5.91 Å². The molecule has 0 atom stereocenters. The summed E-state index contributed by atoms with van der Waals surface area (Å²) >= 11 is 0. The van der Waals surface area contributed by atoms with Crippen LogP contribution in [0.4, 0.5) is 11.4 Å². The Bertz CT molecular complexity index is 439. The summed E-state index contributed by atoms with van der Waals surface area (Å²) in [6.07, 6.45) is 2.25. The van der Waals surface area contributed by atoms with E-state index in [4.69, 9.17) is 5.73 Å². The maximum atomic E-state index is 12.1. The fraction of sp³-hybridized carbons (Fsp3) is 0.500. The first-order valence-electron chi connectivity index (χ1n) is 6.43. The first-order valence-corrected chi connectivity index (χ1v) is 6.43. The minimum Gasteiger partial charge on any atom is -0.397 e. The van der Waals surface area contributed by atoms with E-state index in [9.17, 15) is 4.79 Å². The highest BCUT2D eigenvalue weighted by atomic mass is 16.2. The van der Waals surface area contributed by atoms with Crippen molar-refractivity contribution >= 4 is 17.3 Å². The Balaban J connectivity index is 2.04. The molecule has 0 bridgehead atoms. The summed E-state index contributed by atoms with van der Waals surface area (Å²) in [5.41, 5.74) is 8.79. The van der Waals surface area contributed by atoms with Gasteiger partial charge in [-0.05, 0) is 31.4 Å². The maximum Gasteiger partial charge on any atom is 0.242 e. The molecule has 0 unspecified atom stereocenters. The molecule has 98 valence electrons. The molecular weight excluding hydrogens is 226 g/mol. The molecule has 0 aromatic heterocycles. The van der Waals surface area contributed by atoms with E-state index in [0.29, 0.717) is 6.54 Å². The topological polar surface area (TPSA) is 49.6 Å². The molecule has 18 heavy (non-hydrogen) atoms. The van der Waals surface area contributed by atoms with E-state index in [-0.39, 0.29) is 5.91 Å². The summed E-state index contributed by atoms with van der Waals surface area (Å²) < 4.78 is 0. The number of nitrogens with two attached hydrogens (primary N) is 1. The first kappa shape index (κ1) is 12.7. The van der Waals surface area contributed by atoms with E-state index >= 15 is 0 Å². The van der Waals surface area contributed by atoms with Crippen LogP contribution in [0.25, 0.3) is 0 Å². The van der Waals surface area contributed by atoms with Gasteiger partial charge in [0.25, 0.3) is 0 Å². The van der Waals surface area contributed by atoms with Gasteiger partial charge in [0.1, 0.15) is 0 Å². The quantitative estimate of drug-likeness (QED) is 0.826. The third-order valence-corrected chi connectivity index (χ3v) is 3.54. The van der Waals surface area contributed by atoms with Crippen molar-refractivity contribution < 1.29 is 4.79 Å². The minimum absolute atomic E-state index is 0.191. The van der Waals surface area contributed by atoms with Gasteiger partial charge in [-0.15, -0.1) is 0 Å². The number of likely N-dealkylation sites (tertiary alicyclic amines) is 1. The molecule has 1 aliphatic rings. The van der Waals surface area contributed by atoms with Crippen molar-refractivity contribution in [1.29, 1.82) is 0 Å². The lowest BCUT2D eigenvalue weighted by atomic mass is 10.1. The monoisotopic (exact) mass is 247 g/mol. The van der Waals surface area contributed by atoms with Crippen LogP contribution >= 0.6 is 0 Å². The number of benzene rings is 1. The lowest BCUT2D eigenvalue weighted by Gasteiger charge is -2.24. The second-order valence-electron chi connectivity index (χ2n) is 4.95. The van der Waals surface area contributed by atoms with Crippen LogP contribution in [0.2, 0.25) is 0 Å². The summed E-state index contributed by atoms with van der Waals surface area (Å²) in [6.45, 7) is 4.18. The SMILES string of the molecule is Cc1cccc(N(C)CC(=O)N2CCCC2)c1N. The van der Waals surface area contributed by atoms with Crippen LogP contribution in [0.15, 0.2) is 18.2 Å². The minimum atomic E-state index is 0.191. The number of anilines is 2. The van der Waals surface area contributed by atoms with Crippen molar-refractivity contribution in [1.82, 2.24) is 4.90 Å². The third-order valence-electron chi connectivity index (χ3n) is 3.54. The average Bonchev–Trinajstić information content (AvgIpc) is 2.86. The van der Waals surface area contributed by atoms with Crippen LogP contribution in [0.1, 0.15) is 18.4 Å². The number of carbonyl (C=O) groups excluding carboxylic acids is 1. The van der Waals surface area contributed by atoms with E-state index in [0.717, 1.165) is 42.9 Å². The van der Waals surface area contributed by atoms with Gasteiger partial charge < -0.3 is 15.5 Å². The molecule has 0 saturated carbocycles. The van der Waals surface area contributed by atoms with Gasteiger partial charge >= 0.3 is 0 Å². The molecule has 1 amide bonds. The van der Waals surface area contributed by atoms with E-state index in [1.807, 2.05) is 42.0 Å². The van der Waals surface area contributed by atoms with Crippen molar-refractivity contribution in [3.05, 3.63) is 23.8 Å². The highest BCUT2D eigenvalue weighted by Gasteiger charge is 2.19. The predicted molar refractivity (Wildman–Crippen MR) is 74.7 cm³/mol. The molecule has 1 aromatic rings. The molecule has 2 N–H and O–H groups in total. The Morgan fingerprint density at radius 2 is 2.06 bits per heavy atom. The Morgan fingerprint density at radius 1 is 1.39 bits per heavy atom. The van der Waals surface area contributed by atoms with Crippen molar-refractivity contribution in [3.8, 4) is 0 Å². The Kier molecular flexibility index (Phi) is 3.75. The van der Waals surface area contributed by atoms with Gasteiger partial charge in [0.05, 0.1) is 17.9 Å². The second-order valence-corrected chi connectivity index (χ2v) is 4.95. The summed E-state index contributed by atoms with van der Waals surface area (Å²) in [6, 6.07) is 5.91. The van der Waals surface area contributed by atoms with E-state index in [1.165, 1.54) is 0 Å². The number of amides is 1. The number of hydrogen-bond donors (Lipinski definition) is 1. The van der Waals surface area contributed by atoms with Gasteiger partial charge in [-0.2, -0.15) is 0 Å². The van der Waals surface area contributed by atoms with E-state index < -0.39 is 0 Å². The molecule has 1 fully saturated rings. The molecule has 4 heteroatoms. The average molecular weight is 247 g/mol. The van der Waals surface area contributed by atoms with Crippen LogP contribution in [-0.2, 0) is 4.79 Å². The zero-order chi connectivity index (χ0) is 13.1. The molecule has 0 spiro atoms. The number of rotatable bonds is 3. The van der Waals surface area contributed by atoms with Gasteiger partial charge in [-0.3, -0.25) is 4.79 Å². The number of hydrogen-bond acceptors (Lipinski definition) is 3. The fourth-order valence-corrected chi connectivity index (χ4v) is 2.35. The Hall–Kier alpha value is -1.71. The molecule has 0 radical (unpaired) electrons. The third kappa shape index (κ3) is 2.58. The van der Waals surface area contributed by atoms with Gasteiger partial charge in [0, 0.05) is 20.1 Å². The molecule has 1 aliphatic heterocycles. The van der Waals surface area contributed by atoms with Crippen LogP contribution in [0.5, 0.6) is 0 Å². The number of nitrogen functional groups attached to an aromatic ring is 1. The number of para-hydroxylation sites is 1. The summed E-state index contributed by atoms with van der Waals surface area (Å²) in [5.74, 6) is 0.191. The molecule has 2 rings (SSSR count). The lowest BCUT2D eigenvalue weighted by Crippen LogP contribution is -2.37. The molecule has 4 nitrogen and oxygen atoms in total. The normalized spacial score (nSPS) is 14.9. The molecule has 1 saturated heterocycles. The Morgan fingerprint density at radius 3 is 2.72 bits per heavy atom. The number of carbonyl (C=O) groups is 1. The van der Waals surface area contributed by atoms with Crippen LogP contribution in [0, 0.1) is 6.92 Å².